The molecular weight excluding hydrogens is 296 g/mol. The highest BCUT2D eigenvalue weighted by Gasteiger charge is 2.19. The van der Waals surface area contributed by atoms with E-state index in [2.05, 4.69) is 26.6 Å². The number of aryl methyl sites for hydroxylation is 1. The standard InChI is InChI=1S/C13H19BrN2O2/c1-9-4-5-10(14)8-11(9)15-12(18)16-13(2,3)6-7-17/h4-5,8,17H,6-7H2,1-3H3,(H2,15,16,18). The summed E-state index contributed by atoms with van der Waals surface area (Å²) < 4.78 is 0.915. The van der Waals surface area contributed by atoms with Gasteiger partial charge in [-0.25, -0.2) is 4.79 Å². The Kier molecular flexibility index (Phi) is 5.16. The van der Waals surface area contributed by atoms with Gasteiger partial charge in [-0.3, -0.25) is 0 Å². The highest BCUT2D eigenvalue weighted by Crippen LogP contribution is 2.20. The molecule has 1 rings (SSSR count). The molecule has 0 aromatic heterocycles. The van der Waals surface area contributed by atoms with E-state index in [0.717, 1.165) is 15.7 Å². The minimum Gasteiger partial charge on any atom is -0.396 e. The molecule has 0 aliphatic carbocycles. The molecule has 5 heteroatoms. The number of hydrogen-bond acceptors (Lipinski definition) is 2. The summed E-state index contributed by atoms with van der Waals surface area (Å²) in [6, 6.07) is 5.44. The van der Waals surface area contributed by atoms with Crippen LogP contribution >= 0.6 is 15.9 Å². The zero-order chi connectivity index (χ0) is 13.8. The summed E-state index contributed by atoms with van der Waals surface area (Å²) in [4.78, 5) is 11.8. The molecule has 0 saturated heterocycles. The van der Waals surface area contributed by atoms with Crippen molar-refractivity contribution in [2.45, 2.75) is 32.7 Å². The van der Waals surface area contributed by atoms with Gasteiger partial charge in [0.1, 0.15) is 0 Å². The predicted octanol–water partition coefficient (Wildman–Crippen LogP) is 3.04. The van der Waals surface area contributed by atoms with Gasteiger partial charge in [-0.15, -0.1) is 0 Å². The van der Waals surface area contributed by atoms with Crippen LogP contribution in [0, 0.1) is 6.92 Å². The Morgan fingerprint density at radius 1 is 1.44 bits per heavy atom. The zero-order valence-corrected chi connectivity index (χ0v) is 12.5. The summed E-state index contributed by atoms with van der Waals surface area (Å²) in [7, 11) is 0. The van der Waals surface area contributed by atoms with Crippen molar-refractivity contribution < 1.29 is 9.90 Å². The number of carbonyl (C=O) groups is 1. The maximum atomic E-state index is 11.8. The van der Waals surface area contributed by atoms with E-state index in [-0.39, 0.29) is 12.6 Å². The number of rotatable bonds is 4. The van der Waals surface area contributed by atoms with E-state index in [1.54, 1.807) is 0 Å². The van der Waals surface area contributed by atoms with Crippen LogP contribution in [0.5, 0.6) is 0 Å². The van der Waals surface area contributed by atoms with E-state index in [4.69, 9.17) is 5.11 Å². The van der Waals surface area contributed by atoms with Crippen LogP contribution in [0.15, 0.2) is 22.7 Å². The molecule has 0 unspecified atom stereocenters. The molecule has 0 spiro atoms. The van der Waals surface area contributed by atoms with Crippen LogP contribution < -0.4 is 10.6 Å². The quantitative estimate of drug-likeness (QED) is 0.800. The van der Waals surface area contributed by atoms with Gasteiger partial charge in [0, 0.05) is 22.3 Å². The van der Waals surface area contributed by atoms with Gasteiger partial charge in [0.2, 0.25) is 0 Å². The molecule has 0 radical (unpaired) electrons. The lowest BCUT2D eigenvalue weighted by Gasteiger charge is -2.25. The van der Waals surface area contributed by atoms with Crippen LogP contribution in [0.4, 0.5) is 10.5 Å². The van der Waals surface area contributed by atoms with Crippen LogP contribution in [0.25, 0.3) is 0 Å². The van der Waals surface area contributed by atoms with Gasteiger partial charge in [-0.1, -0.05) is 22.0 Å². The van der Waals surface area contributed by atoms with E-state index in [1.165, 1.54) is 0 Å². The molecule has 4 nitrogen and oxygen atoms in total. The first-order chi connectivity index (χ1) is 8.34. The Labute approximate surface area is 116 Å². The molecule has 18 heavy (non-hydrogen) atoms. The van der Waals surface area contributed by atoms with E-state index in [1.807, 2.05) is 39.0 Å². The van der Waals surface area contributed by atoms with E-state index in [0.29, 0.717) is 6.42 Å². The van der Waals surface area contributed by atoms with Crippen molar-refractivity contribution in [3.63, 3.8) is 0 Å². The third kappa shape index (κ3) is 4.66. The molecule has 1 aromatic rings. The van der Waals surface area contributed by atoms with Gasteiger partial charge in [0.15, 0.2) is 0 Å². The Bertz CT molecular complexity index is 433. The lowest BCUT2D eigenvalue weighted by Crippen LogP contribution is -2.46. The van der Waals surface area contributed by atoms with Crippen molar-refractivity contribution in [2.75, 3.05) is 11.9 Å². The summed E-state index contributed by atoms with van der Waals surface area (Å²) >= 11 is 3.37. The van der Waals surface area contributed by atoms with Crippen molar-refractivity contribution in [2.24, 2.45) is 0 Å². The number of aliphatic hydroxyl groups excluding tert-OH is 1. The number of carbonyl (C=O) groups excluding carboxylic acids is 1. The summed E-state index contributed by atoms with van der Waals surface area (Å²) in [6.07, 6.45) is 0.512. The van der Waals surface area contributed by atoms with Gasteiger partial charge in [0.05, 0.1) is 0 Å². The average molecular weight is 315 g/mol. The number of amides is 2. The third-order valence-corrected chi connectivity index (χ3v) is 3.13. The largest absolute Gasteiger partial charge is 0.396 e. The fourth-order valence-corrected chi connectivity index (χ4v) is 1.89. The van der Waals surface area contributed by atoms with Crippen LogP contribution in [-0.2, 0) is 0 Å². The molecule has 3 N–H and O–H groups in total. The monoisotopic (exact) mass is 314 g/mol. The number of nitrogens with one attached hydrogen (secondary N) is 2. The molecule has 0 bridgehead atoms. The Hall–Kier alpha value is -1.07. The number of hydrogen-bond donors (Lipinski definition) is 3. The molecule has 0 aliphatic heterocycles. The summed E-state index contributed by atoms with van der Waals surface area (Å²) in [5.41, 5.74) is 1.33. The predicted molar refractivity (Wildman–Crippen MR) is 76.8 cm³/mol. The zero-order valence-electron chi connectivity index (χ0n) is 10.9. The lowest BCUT2D eigenvalue weighted by atomic mass is 10.0. The van der Waals surface area contributed by atoms with E-state index in [9.17, 15) is 4.79 Å². The van der Waals surface area contributed by atoms with Gasteiger partial charge < -0.3 is 15.7 Å². The minimum absolute atomic E-state index is 0.0448. The fraction of sp³-hybridized carbons (Fsp3) is 0.462. The van der Waals surface area contributed by atoms with Crippen LogP contribution in [0.1, 0.15) is 25.8 Å². The number of benzene rings is 1. The molecule has 0 atom stereocenters. The van der Waals surface area contributed by atoms with Crippen molar-refractivity contribution in [1.82, 2.24) is 5.32 Å². The van der Waals surface area contributed by atoms with Gasteiger partial charge in [0.25, 0.3) is 0 Å². The molecule has 0 saturated carbocycles. The first-order valence-corrected chi connectivity index (χ1v) is 6.59. The summed E-state index contributed by atoms with van der Waals surface area (Å²) in [6.45, 7) is 5.72. The highest BCUT2D eigenvalue weighted by atomic mass is 79.9. The minimum atomic E-state index is -0.432. The Balaban J connectivity index is 2.67. The van der Waals surface area contributed by atoms with Crippen molar-refractivity contribution >= 4 is 27.6 Å². The van der Waals surface area contributed by atoms with Crippen LogP contribution in [0.3, 0.4) is 0 Å². The van der Waals surface area contributed by atoms with Gasteiger partial charge in [-0.05, 0) is 44.9 Å². The molecule has 0 fully saturated rings. The van der Waals surface area contributed by atoms with Crippen molar-refractivity contribution in [3.05, 3.63) is 28.2 Å². The second-order valence-corrected chi connectivity index (χ2v) is 5.81. The van der Waals surface area contributed by atoms with Gasteiger partial charge >= 0.3 is 6.03 Å². The second kappa shape index (κ2) is 6.20. The maximum absolute atomic E-state index is 11.8. The SMILES string of the molecule is Cc1ccc(Br)cc1NC(=O)NC(C)(C)CCO. The molecule has 1 aromatic carbocycles. The lowest BCUT2D eigenvalue weighted by molar-refractivity contribution is 0.218. The summed E-state index contributed by atoms with van der Waals surface area (Å²) in [5, 5.41) is 14.5. The Morgan fingerprint density at radius 3 is 2.72 bits per heavy atom. The second-order valence-electron chi connectivity index (χ2n) is 4.90. The topological polar surface area (TPSA) is 61.4 Å². The third-order valence-electron chi connectivity index (χ3n) is 2.64. The van der Waals surface area contributed by atoms with Crippen LogP contribution in [0.2, 0.25) is 0 Å². The number of aliphatic hydroxyl groups is 1. The first kappa shape index (κ1) is 15.0. The maximum Gasteiger partial charge on any atom is 0.319 e. The first-order valence-electron chi connectivity index (χ1n) is 5.80. The molecule has 2 amide bonds. The van der Waals surface area contributed by atoms with Crippen molar-refractivity contribution in [3.8, 4) is 0 Å². The average Bonchev–Trinajstić information content (AvgIpc) is 2.22. The van der Waals surface area contributed by atoms with E-state index < -0.39 is 5.54 Å². The smallest absolute Gasteiger partial charge is 0.319 e. The normalized spacial score (nSPS) is 11.2. The van der Waals surface area contributed by atoms with Gasteiger partial charge in [-0.2, -0.15) is 0 Å². The number of halogens is 1. The Morgan fingerprint density at radius 2 is 2.11 bits per heavy atom. The summed E-state index contributed by atoms with van der Waals surface area (Å²) in [5.74, 6) is 0. The number of anilines is 1. The van der Waals surface area contributed by atoms with Crippen molar-refractivity contribution in [1.29, 1.82) is 0 Å². The van der Waals surface area contributed by atoms with Crippen LogP contribution in [-0.4, -0.2) is 23.3 Å². The fourth-order valence-electron chi connectivity index (χ4n) is 1.53. The molecule has 0 heterocycles. The van der Waals surface area contributed by atoms with E-state index >= 15 is 0 Å². The molecule has 100 valence electrons. The molecule has 0 aliphatic rings. The molecular formula is C13H19BrN2O2. The highest BCUT2D eigenvalue weighted by molar-refractivity contribution is 9.10. The number of urea groups is 1.